The van der Waals surface area contributed by atoms with Crippen LogP contribution in [0.25, 0.3) is 0 Å². The Morgan fingerprint density at radius 3 is 2.79 bits per heavy atom. The molecular formula is C23H33N3O3. The van der Waals surface area contributed by atoms with Crippen molar-refractivity contribution < 1.29 is 14.3 Å². The monoisotopic (exact) mass is 399 g/mol. The van der Waals surface area contributed by atoms with Crippen LogP contribution in [0.3, 0.4) is 0 Å². The maximum Gasteiger partial charge on any atom is 0.318 e. The number of likely N-dealkylation sites (tertiary alicyclic amines) is 1. The molecule has 0 bridgehead atoms. The van der Waals surface area contributed by atoms with Crippen LogP contribution in [0.5, 0.6) is 5.75 Å². The molecule has 3 N–H and O–H groups in total. The molecule has 1 aromatic rings. The van der Waals surface area contributed by atoms with E-state index >= 15 is 0 Å². The number of hydrogen-bond acceptors (Lipinski definition) is 4. The van der Waals surface area contributed by atoms with E-state index in [2.05, 4.69) is 29.3 Å². The van der Waals surface area contributed by atoms with Gasteiger partial charge in [0.15, 0.2) is 0 Å². The van der Waals surface area contributed by atoms with E-state index < -0.39 is 6.03 Å². The minimum atomic E-state index is -0.775. The molecule has 2 aliphatic carbocycles. The van der Waals surface area contributed by atoms with E-state index in [1.165, 1.54) is 30.5 Å². The number of fused-ring (bicyclic) bond motifs is 3. The highest BCUT2D eigenvalue weighted by molar-refractivity contribution is 5.94. The molecule has 6 heteroatoms. The van der Waals surface area contributed by atoms with E-state index in [9.17, 15) is 9.59 Å². The molecule has 1 saturated carbocycles. The SMILES string of the molecule is CCCC12Cc3ccc(OC)cc3C1(CC(=O)NC(N)=O)CCN(CC1CC1)C2. The van der Waals surface area contributed by atoms with Crippen LogP contribution < -0.4 is 15.8 Å². The zero-order valence-electron chi connectivity index (χ0n) is 17.6. The average molecular weight is 400 g/mol. The predicted molar refractivity (Wildman–Crippen MR) is 112 cm³/mol. The largest absolute Gasteiger partial charge is 0.497 e. The van der Waals surface area contributed by atoms with Gasteiger partial charge in [0, 0.05) is 24.9 Å². The molecule has 6 nitrogen and oxygen atoms in total. The van der Waals surface area contributed by atoms with Gasteiger partial charge < -0.3 is 15.4 Å². The van der Waals surface area contributed by atoms with Gasteiger partial charge in [-0.15, -0.1) is 0 Å². The normalized spacial score (nSPS) is 28.5. The van der Waals surface area contributed by atoms with Crippen molar-refractivity contribution in [2.75, 3.05) is 26.7 Å². The fourth-order valence-corrected chi connectivity index (χ4v) is 6.10. The number of nitrogens with one attached hydrogen (secondary N) is 1. The van der Waals surface area contributed by atoms with Gasteiger partial charge in [-0.3, -0.25) is 10.1 Å². The summed E-state index contributed by atoms with van der Waals surface area (Å²) in [6, 6.07) is 5.54. The molecule has 1 aliphatic heterocycles. The summed E-state index contributed by atoms with van der Waals surface area (Å²) in [5.41, 5.74) is 7.51. The third-order valence-electron chi connectivity index (χ3n) is 7.42. The van der Waals surface area contributed by atoms with Gasteiger partial charge in [-0.2, -0.15) is 0 Å². The van der Waals surface area contributed by atoms with Gasteiger partial charge in [0.2, 0.25) is 5.91 Å². The Kier molecular flexibility index (Phi) is 5.32. The first-order valence-electron chi connectivity index (χ1n) is 10.9. The van der Waals surface area contributed by atoms with Gasteiger partial charge in [-0.1, -0.05) is 19.4 Å². The maximum atomic E-state index is 12.8. The molecule has 1 saturated heterocycles. The van der Waals surface area contributed by atoms with E-state index in [0.717, 1.165) is 50.4 Å². The van der Waals surface area contributed by atoms with Crippen LogP contribution in [0.15, 0.2) is 18.2 Å². The quantitative estimate of drug-likeness (QED) is 0.738. The second-order valence-corrected chi connectivity index (χ2v) is 9.33. The highest BCUT2D eigenvalue weighted by Crippen LogP contribution is 2.61. The summed E-state index contributed by atoms with van der Waals surface area (Å²) in [5, 5.41) is 2.32. The number of nitrogens with zero attached hydrogens (tertiary/aromatic N) is 1. The van der Waals surface area contributed by atoms with Crippen LogP contribution in [0, 0.1) is 11.3 Å². The molecule has 1 heterocycles. The van der Waals surface area contributed by atoms with Crippen LogP contribution in [0.1, 0.15) is 56.6 Å². The summed E-state index contributed by atoms with van der Waals surface area (Å²) in [4.78, 5) is 26.7. The molecule has 2 fully saturated rings. The van der Waals surface area contributed by atoms with E-state index in [1.54, 1.807) is 7.11 Å². The van der Waals surface area contributed by atoms with Crippen LogP contribution in [0.2, 0.25) is 0 Å². The second kappa shape index (κ2) is 7.63. The Balaban J connectivity index is 1.75. The summed E-state index contributed by atoms with van der Waals surface area (Å²) in [7, 11) is 1.68. The number of hydrogen-bond donors (Lipinski definition) is 2. The number of ether oxygens (including phenoxy) is 1. The zero-order chi connectivity index (χ0) is 20.6. The molecule has 2 atom stereocenters. The molecule has 1 aromatic carbocycles. The zero-order valence-corrected chi connectivity index (χ0v) is 17.6. The predicted octanol–water partition coefficient (Wildman–Crippen LogP) is 2.98. The number of urea groups is 1. The fourth-order valence-electron chi connectivity index (χ4n) is 6.10. The number of nitrogens with two attached hydrogens (primary N) is 1. The Hall–Kier alpha value is -2.08. The highest BCUT2D eigenvalue weighted by atomic mass is 16.5. The summed E-state index contributed by atoms with van der Waals surface area (Å²) in [6.45, 7) is 5.40. The van der Waals surface area contributed by atoms with Gasteiger partial charge >= 0.3 is 6.03 Å². The number of imide groups is 1. The van der Waals surface area contributed by atoms with E-state index in [0.29, 0.717) is 6.42 Å². The first-order valence-corrected chi connectivity index (χ1v) is 10.9. The summed E-state index contributed by atoms with van der Waals surface area (Å²) < 4.78 is 5.52. The number of rotatable bonds is 7. The first kappa shape index (κ1) is 20.2. The molecule has 3 aliphatic rings. The van der Waals surface area contributed by atoms with Crippen molar-refractivity contribution in [1.29, 1.82) is 0 Å². The van der Waals surface area contributed by atoms with Gasteiger partial charge in [-0.25, -0.2) is 4.79 Å². The summed E-state index contributed by atoms with van der Waals surface area (Å²) >= 11 is 0. The number of carbonyl (C=O) groups excluding carboxylic acids is 2. The van der Waals surface area contributed by atoms with E-state index in [4.69, 9.17) is 10.5 Å². The lowest BCUT2D eigenvalue weighted by molar-refractivity contribution is -0.124. The van der Waals surface area contributed by atoms with Crippen molar-refractivity contribution in [1.82, 2.24) is 10.2 Å². The van der Waals surface area contributed by atoms with E-state index in [-0.39, 0.29) is 16.7 Å². The van der Waals surface area contributed by atoms with Crippen molar-refractivity contribution in [2.24, 2.45) is 17.1 Å². The molecule has 158 valence electrons. The first-order chi connectivity index (χ1) is 13.9. The molecule has 0 radical (unpaired) electrons. The van der Waals surface area contributed by atoms with Gasteiger partial charge in [0.25, 0.3) is 0 Å². The minimum absolute atomic E-state index is 0.00141. The maximum absolute atomic E-state index is 12.8. The number of amides is 3. The third kappa shape index (κ3) is 3.63. The van der Waals surface area contributed by atoms with Crippen LogP contribution in [-0.4, -0.2) is 43.6 Å². The molecule has 0 spiro atoms. The average Bonchev–Trinajstić information content (AvgIpc) is 3.43. The lowest BCUT2D eigenvalue weighted by atomic mass is 9.56. The Morgan fingerprint density at radius 1 is 1.34 bits per heavy atom. The molecule has 0 aromatic heterocycles. The van der Waals surface area contributed by atoms with Crippen molar-refractivity contribution in [2.45, 2.75) is 57.3 Å². The summed E-state index contributed by atoms with van der Waals surface area (Å²) in [5.74, 6) is 1.40. The van der Waals surface area contributed by atoms with Gasteiger partial charge in [0.05, 0.1) is 7.11 Å². The lowest BCUT2D eigenvalue weighted by Crippen LogP contribution is -2.58. The summed E-state index contributed by atoms with van der Waals surface area (Å²) in [6.07, 6.45) is 7.03. The molecular weight excluding hydrogens is 366 g/mol. The Morgan fingerprint density at radius 2 is 2.14 bits per heavy atom. The van der Waals surface area contributed by atoms with Crippen LogP contribution >= 0.6 is 0 Å². The highest BCUT2D eigenvalue weighted by Gasteiger charge is 2.60. The Labute approximate surface area is 173 Å². The van der Waals surface area contributed by atoms with Crippen molar-refractivity contribution in [3.63, 3.8) is 0 Å². The minimum Gasteiger partial charge on any atom is -0.497 e. The second-order valence-electron chi connectivity index (χ2n) is 9.33. The Bertz CT molecular complexity index is 807. The third-order valence-corrected chi connectivity index (χ3v) is 7.42. The van der Waals surface area contributed by atoms with Crippen LogP contribution in [-0.2, 0) is 16.6 Å². The smallest absolute Gasteiger partial charge is 0.318 e. The molecule has 3 amide bonds. The van der Waals surface area contributed by atoms with Crippen molar-refractivity contribution in [3.05, 3.63) is 29.3 Å². The topological polar surface area (TPSA) is 84.7 Å². The van der Waals surface area contributed by atoms with Crippen LogP contribution in [0.4, 0.5) is 4.79 Å². The standard InChI is InChI=1S/C23H33N3O3/c1-3-8-22-12-17-6-7-18(29-2)11-19(17)23(22,13-20(27)25-21(24)28)9-10-26(15-22)14-16-4-5-16/h6-7,11,16H,3-5,8-10,12-15H2,1-2H3,(H3,24,25,27,28). The number of primary amides is 1. The number of piperidine rings is 1. The molecule has 29 heavy (non-hydrogen) atoms. The van der Waals surface area contributed by atoms with Crippen molar-refractivity contribution >= 4 is 11.9 Å². The molecule has 2 unspecified atom stereocenters. The van der Waals surface area contributed by atoms with Gasteiger partial charge in [-0.05, 0) is 73.2 Å². The number of benzene rings is 1. The number of methoxy groups -OCH3 is 1. The van der Waals surface area contributed by atoms with Crippen molar-refractivity contribution in [3.8, 4) is 5.75 Å². The van der Waals surface area contributed by atoms with Gasteiger partial charge in [0.1, 0.15) is 5.75 Å². The lowest BCUT2D eigenvalue weighted by Gasteiger charge is -2.54. The molecule has 4 rings (SSSR count). The van der Waals surface area contributed by atoms with E-state index in [1.807, 2.05) is 6.07 Å². The fraction of sp³-hybridized carbons (Fsp3) is 0.652. The number of carbonyl (C=O) groups is 2.